The molecule has 0 spiro atoms. The molecule has 100 valence electrons. The highest BCUT2D eigenvalue weighted by atomic mass is 16.5. The molecule has 0 aliphatic heterocycles. The van der Waals surface area contributed by atoms with E-state index < -0.39 is 0 Å². The second-order valence-electron chi connectivity index (χ2n) is 5.76. The van der Waals surface area contributed by atoms with Crippen molar-refractivity contribution in [2.24, 2.45) is 5.41 Å². The summed E-state index contributed by atoms with van der Waals surface area (Å²) in [5.74, 6) is 0.100. The predicted molar refractivity (Wildman–Crippen MR) is 73.1 cm³/mol. The lowest BCUT2D eigenvalue weighted by molar-refractivity contribution is -0.122. The number of amides is 1. The first kappa shape index (κ1) is 14.7. The topological polar surface area (TPSA) is 38.3 Å². The van der Waals surface area contributed by atoms with Gasteiger partial charge in [0.05, 0.1) is 6.61 Å². The van der Waals surface area contributed by atoms with Crippen molar-refractivity contribution in [2.45, 2.75) is 40.3 Å². The summed E-state index contributed by atoms with van der Waals surface area (Å²) in [6.07, 6.45) is 0.550. The summed E-state index contributed by atoms with van der Waals surface area (Å²) < 4.78 is 5.05. The maximum Gasteiger partial charge on any atom is 0.220 e. The van der Waals surface area contributed by atoms with Gasteiger partial charge in [-0.1, -0.05) is 45.0 Å². The Hall–Kier alpha value is -1.35. The second-order valence-corrected chi connectivity index (χ2v) is 5.76. The average molecular weight is 249 g/mol. The normalized spacial score (nSPS) is 11.3. The molecule has 1 aromatic rings. The molecule has 0 saturated carbocycles. The first-order valence-electron chi connectivity index (χ1n) is 6.24. The van der Waals surface area contributed by atoms with Crippen molar-refractivity contribution in [3.63, 3.8) is 0 Å². The van der Waals surface area contributed by atoms with Gasteiger partial charge in [-0.3, -0.25) is 4.79 Å². The Morgan fingerprint density at radius 2 is 1.72 bits per heavy atom. The van der Waals surface area contributed by atoms with Crippen LogP contribution in [0.15, 0.2) is 24.3 Å². The highest BCUT2D eigenvalue weighted by Crippen LogP contribution is 2.17. The molecule has 0 radical (unpaired) electrons. The van der Waals surface area contributed by atoms with Gasteiger partial charge in [0.2, 0.25) is 5.91 Å². The summed E-state index contributed by atoms with van der Waals surface area (Å²) in [6.45, 7) is 7.39. The Labute approximate surface area is 110 Å². The molecule has 3 heteroatoms. The molecule has 0 aliphatic carbocycles. The minimum atomic E-state index is 0.0341. The molecule has 0 aliphatic rings. The van der Waals surface area contributed by atoms with E-state index in [-0.39, 0.29) is 11.3 Å². The number of carbonyl (C=O) groups excluding carboxylic acids is 1. The van der Waals surface area contributed by atoms with E-state index in [1.54, 1.807) is 7.11 Å². The molecule has 0 saturated heterocycles. The van der Waals surface area contributed by atoms with Crippen molar-refractivity contribution in [3.05, 3.63) is 35.4 Å². The third-order valence-corrected chi connectivity index (χ3v) is 2.51. The van der Waals surface area contributed by atoms with Crippen LogP contribution in [-0.4, -0.2) is 13.0 Å². The van der Waals surface area contributed by atoms with Crippen molar-refractivity contribution >= 4 is 5.91 Å². The van der Waals surface area contributed by atoms with Crippen molar-refractivity contribution in [3.8, 4) is 0 Å². The number of carbonyl (C=O) groups is 1. The van der Waals surface area contributed by atoms with Crippen LogP contribution in [0, 0.1) is 5.41 Å². The third-order valence-electron chi connectivity index (χ3n) is 2.51. The Morgan fingerprint density at radius 1 is 1.17 bits per heavy atom. The fourth-order valence-electron chi connectivity index (χ4n) is 1.66. The molecular weight excluding hydrogens is 226 g/mol. The lowest BCUT2D eigenvalue weighted by Gasteiger charge is -2.17. The van der Waals surface area contributed by atoms with Gasteiger partial charge in [-0.05, 0) is 16.5 Å². The van der Waals surface area contributed by atoms with Crippen LogP contribution in [0.5, 0.6) is 0 Å². The number of methoxy groups -OCH3 is 1. The van der Waals surface area contributed by atoms with Crippen LogP contribution < -0.4 is 5.32 Å². The molecule has 1 amide bonds. The van der Waals surface area contributed by atoms with E-state index in [9.17, 15) is 4.79 Å². The molecule has 1 N–H and O–H groups in total. The standard InChI is InChI=1S/C15H23NO2/c1-15(2,3)9-14(17)16-10-12-5-7-13(8-6-12)11-18-4/h5-8H,9-11H2,1-4H3,(H,16,17). The highest BCUT2D eigenvalue weighted by Gasteiger charge is 2.15. The minimum absolute atomic E-state index is 0.0341. The molecule has 0 atom stereocenters. The van der Waals surface area contributed by atoms with Gasteiger partial charge in [-0.15, -0.1) is 0 Å². The summed E-state index contributed by atoms with van der Waals surface area (Å²) in [4.78, 5) is 11.7. The molecule has 3 nitrogen and oxygen atoms in total. The van der Waals surface area contributed by atoms with Crippen molar-refractivity contribution < 1.29 is 9.53 Å². The fraction of sp³-hybridized carbons (Fsp3) is 0.533. The van der Waals surface area contributed by atoms with Crippen LogP contribution in [-0.2, 0) is 22.7 Å². The summed E-state index contributed by atoms with van der Waals surface area (Å²) in [5, 5.41) is 2.94. The molecule has 0 bridgehead atoms. The van der Waals surface area contributed by atoms with Gasteiger partial charge in [0.1, 0.15) is 0 Å². The van der Waals surface area contributed by atoms with E-state index in [0.29, 0.717) is 19.6 Å². The monoisotopic (exact) mass is 249 g/mol. The lowest BCUT2D eigenvalue weighted by atomic mass is 9.92. The maximum atomic E-state index is 11.7. The molecule has 0 unspecified atom stereocenters. The first-order chi connectivity index (χ1) is 8.40. The van der Waals surface area contributed by atoms with E-state index in [4.69, 9.17) is 4.74 Å². The van der Waals surface area contributed by atoms with Crippen molar-refractivity contribution in [1.29, 1.82) is 0 Å². The van der Waals surface area contributed by atoms with Gasteiger partial charge in [-0.25, -0.2) is 0 Å². The van der Waals surface area contributed by atoms with Crippen LogP contribution in [0.2, 0.25) is 0 Å². The molecular formula is C15H23NO2. The Balaban J connectivity index is 2.41. The van der Waals surface area contributed by atoms with Crippen LogP contribution in [0.4, 0.5) is 0 Å². The first-order valence-corrected chi connectivity index (χ1v) is 6.24. The van der Waals surface area contributed by atoms with Crippen LogP contribution in [0.3, 0.4) is 0 Å². The molecule has 0 aromatic heterocycles. The van der Waals surface area contributed by atoms with Gasteiger partial charge in [0.25, 0.3) is 0 Å². The van der Waals surface area contributed by atoms with E-state index in [1.807, 2.05) is 24.3 Å². The van der Waals surface area contributed by atoms with Gasteiger partial charge in [-0.2, -0.15) is 0 Å². The summed E-state index contributed by atoms with van der Waals surface area (Å²) in [6, 6.07) is 8.08. The quantitative estimate of drug-likeness (QED) is 0.871. The van der Waals surface area contributed by atoms with Gasteiger partial charge >= 0.3 is 0 Å². The zero-order valence-electron chi connectivity index (χ0n) is 11.7. The molecule has 18 heavy (non-hydrogen) atoms. The largest absolute Gasteiger partial charge is 0.380 e. The van der Waals surface area contributed by atoms with Crippen LogP contribution in [0.1, 0.15) is 38.3 Å². The van der Waals surface area contributed by atoms with Crippen molar-refractivity contribution in [2.75, 3.05) is 7.11 Å². The van der Waals surface area contributed by atoms with Gasteiger partial charge in [0.15, 0.2) is 0 Å². The molecule has 1 aromatic carbocycles. The summed E-state index contributed by atoms with van der Waals surface area (Å²) in [5.41, 5.74) is 2.28. The van der Waals surface area contributed by atoms with E-state index in [2.05, 4.69) is 26.1 Å². The van der Waals surface area contributed by atoms with E-state index in [1.165, 1.54) is 0 Å². The average Bonchev–Trinajstić information content (AvgIpc) is 2.26. The predicted octanol–water partition coefficient (Wildman–Crippen LogP) is 2.89. The zero-order valence-corrected chi connectivity index (χ0v) is 11.7. The van der Waals surface area contributed by atoms with Gasteiger partial charge < -0.3 is 10.1 Å². The number of hydrogen-bond donors (Lipinski definition) is 1. The van der Waals surface area contributed by atoms with Gasteiger partial charge in [0, 0.05) is 20.1 Å². The number of ether oxygens (including phenoxy) is 1. The number of benzene rings is 1. The Kier molecular flexibility index (Phi) is 5.35. The lowest BCUT2D eigenvalue weighted by Crippen LogP contribution is -2.27. The van der Waals surface area contributed by atoms with Crippen molar-refractivity contribution in [1.82, 2.24) is 5.32 Å². The number of hydrogen-bond acceptors (Lipinski definition) is 2. The molecule has 1 rings (SSSR count). The fourth-order valence-corrected chi connectivity index (χ4v) is 1.66. The maximum absolute atomic E-state index is 11.7. The Morgan fingerprint density at radius 3 is 2.22 bits per heavy atom. The smallest absolute Gasteiger partial charge is 0.220 e. The van der Waals surface area contributed by atoms with Crippen LogP contribution in [0.25, 0.3) is 0 Å². The van der Waals surface area contributed by atoms with Crippen LogP contribution >= 0.6 is 0 Å². The second kappa shape index (κ2) is 6.55. The number of rotatable bonds is 5. The SMILES string of the molecule is COCc1ccc(CNC(=O)CC(C)(C)C)cc1. The van der Waals surface area contributed by atoms with E-state index in [0.717, 1.165) is 11.1 Å². The molecule has 0 fully saturated rings. The summed E-state index contributed by atoms with van der Waals surface area (Å²) >= 11 is 0. The molecule has 0 heterocycles. The third kappa shape index (κ3) is 5.82. The minimum Gasteiger partial charge on any atom is -0.380 e. The zero-order chi connectivity index (χ0) is 13.6. The number of nitrogens with one attached hydrogen (secondary N) is 1. The highest BCUT2D eigenvalue weighted by molar-refractivity contribution is 5.76. The summed E-state index contributed by atoms with van der Waals surface area (Å²) in [7, 11) is 1.68. The Bertz CT molecular complexity index is 376. The van der Waals surface area contributed by atoms with E-state index >= 15 is 0 Å².